The lowest BCUT2D eigenvalue weighted by molar-refractivity contribution is -0.134. The third-order valence-electron chi connectivity index (χ3n) is 3.40. The van der Waals surface area contributed by atoms with Crippen molar-refractivity contribution < 1.29 is 14.3 Å². The molecule has 0 saturated carbocycles. The number of carbonyl (C=O) groups excluding carboxylic acids is 2. The van der Waals surface area contributed by atoms with Gasteiger partial charge in [-0.05, 0) is 43.5 Å². The summed E-state index contributed by atoms with van der Waals surface area (Å²) in [6.45, 7) is 3.66. The molecule has 0 amide bonds. The number of aromatic amines is 1. The van der Waals surface area contributed by atoms with Gasteiger partial charge < -0.3 is 14.5 Å². The van der Waals surface area contributed by atoms with Crippen LogP contribution in [0.15, 0.2) is 24.4 Å². The van der Waals surface area contributed by atoms with Crippen LogP contribution in [0.5, 0.6) is 5.75 Å². The van der Waals surface area contributed by atoms with Crippen molar-refractivity contribution in [1.29, 1.82) is 0 Å². The van der Waals surface area contributed by atoms with Crippen LogP contribution in [-0.2, 0) is 16.0 Å². The van der Waals surface area contributed by atoms with Crippen molar-refractivity contribution >= 4 is 22.7 Å². The molecule has 2 aromatic rings. The molecule has 0 unspecified atom stereocenters. The number of esters is 1. The molecule has 0 aliphatic rings. The fraction of sp³-hybridized carbons (Fsp3) is 0.412. The lowest BCUT2D eigenvalue weighted by Crippen LogP contribution is -2.08. The molecule has 0 radical (unpaired) electrons. The first-order valence-electron chi connectivity index (χ1n) is 7.40. The van der Waals surface area contributed by atoms with Gasteiger partial charge in [-0.25, -0.2) is 0 Å². The summed E-state index contributed by atoms with van der Waals surface area (Å²) < 4.78 is 5.34. The van der Waals surface area contributed by atoms with Crippen molar-refractivity contribution in [1.82, 2.24) is 4.98 Å². The van der Waals surface area contributed by atoms with Crippen molar-refractivity contribution in [2.45, 2.75) is 46.0 Å². The van der Waals surface area contributed by atoms with E-state index in [4.69, 9.17) is 4.74 Å². The van der Waals surface area contributed by atoms with E-state index in [2.05, 4.69) is 11.9 Å². The number of Topliss-reactive ketones (excluding diaryl/α,β-unsaturated/α-hetero) is 1. The summed E-state index contributed by atoms with van der Waals surface area (Å²) in [5.41, 5.74) is 2.29. The first-order valence-corrected chi connectivity index (χ1v) is 7.40. The Hall–Kier alpha value is -2.10. The standard InChI is InChI=1S/C17H21NO3/c1-3-5-13-11-18-16-9-8-14(10-15(13)16)21-17(20)7-4-6-12(2)19/h8-11,18H,3-7H2,1-2H3. The number of ether oxygens (including phenoxy) is 1. The predicted molar refractivity (Wildman–Crippen MR) is 82.5 cm³/mol. The van der Waals surface area contributed by atoms with Crippen molar-refractivity contribution in [3.8, 4) is 5.75 Å². The van der Waals surface area contributed by atoms with Gasteiger partial charge in [-0.15, -0.1) is 0 Å². The van der Waals surface area contributed by atoms with Gasteiger partial charge in [0.15, 0.2) is 0 Å². The molecule has 112 valence electrons. The molecule has 21 heavy (non-hydrogen) atoms. The topological polar surface area (TPSA) is 59.2 Å². The van der Waals surface area contributed by atoms with Crippen LogP contribution < -0.4 is 4.74 Å². The predicted octanol–water partition coefficient (Wildman–Crippen LogP) is 3.79. The zero-order valence-corrected chi connectivity index (χ0v) is 12.6. The molecule has 0 atom stereocenters. The molecule has 1 N–H and O–H groups in total. The Balaban J connectivity index is 2.03. The van der Waals surface area contributed by atoms with Gasteiger partial charge in [0, 0.05) is 29.9 Å². The van der Waals surface area contributed by atoms with Gasteiger partial charge in [-0.3, -0.25) is 4.79 Å². The maximum atomic E-state index is 11.7. The number of H-pyrrole nitrogens is 1. The van der Waals surface area contributed by atoms with E-state index in [1.54, 1.807) is 6.07 Å². The fourth-order valence-corrected chi connectivity index (χ4v) is 2.36. The van der Waals surface area contributed by atoms with Crippen LogP contribution in [0.4, 0.5) is 0 Å². The van der Waals surface area contributed by atoms with Crippen LogP contribution in [0.25, 0.3) is 10.9 Å². The van der Waals surface area contributed by atoms with Gasteiger partial charge in [0.25, 0.3) is 0 Å². The lowest BCUT2D eigenvalue weighted by Gasteiger charge is -2.05. The summed E-state index contributed by atoms with van der Waals surface area (Å²) in [5.74, 6) is 0.371. The third-order valence-corrected chi connectivity index (χ3v) is 3.40. The van der Waals surface area contributed by atoms with E-state index in [0.29, 0.717) is 18.6 Å². The van der Waals surface area contributed by atoms with E-state index in [-0.39, 0.29) is 18.2 Å². The number of aryl methyl sites for hydroxylation is 1. The second-order valence-corrected chi connectivity index (χ2v) is 5.30. The van der Waals surface area contributed by atoms with Crippen LogP contribution >= 0.6 is 0 Å². The molecular weight excluding hydrogens is 266 g/mol. The number of hydrogen-bond acceptors (Lipinski definition) is 3. The summed E-state index contributed by atoms with van der Waals surface area (Å²) in [6, 6.07) is 5.61. The van der Waals surface area contributed by atoms with Crippen LogP contribution in [0.3, 0.4) is 0 Å². The van der Waals surface area contributed by atoms with E-state index >= 15 is 0 Å². The van der Waals surface area contributed by atoms with Crippen LogP contribution in [-0.4, -0.2) is 16.7 Å². The van der Waals surface area contributed by atoms with Gasteiger partial charge in [0.1, 0.15) is 11.5 Å². The molecule has 1 aromatic heterocycles. The van der Waals surface area contributed by atoms with Gasteiger partial charge in [0.2, 0.25) is 0 Å². The Labute approximate surface area is 124 Å². The average molecular weight is 287 g/mol. The minimum atomic E-state index is -0.289. The number of carbonyl (C=O) groups is 2. The highest BCUT2D eigenvalue weighted by atomic mass is 16.5. The minimum absolute atomic E-state index is 0.0979. The van der Waals surface area contributed by atoms with Gasteiger partial charge >= 0.3 is 5.97 Å². The second-order valence-electron chi connectivity index (χ2n) is 5.30. The molecule has 0 bridgehead atoms. The van der Waals surface area contributed by atoms with Gasteiger partial charge in [-0.2, -0.15) is 0 Å². The summed E-state index contributed by atoms with van der Waals surface area (Å²) in [7, 11) is 0. The zero-order chi connectivity index (χ0) is 15.2. The highest BCUT2D eigenvalue weighted by Gasteiger charge is 2.08. The number of benzene rings is 1. The van der Waals surface area contributed by atoms with Crippen LogP contribution in [0.1, 0.15) is 45.1 Å². The SMILES string of the molecule is CCCc1c[nH]c2ccc(OC(=O)CCCC(C)=O)cc12. The van der Waals surface area contributed by atoms with Crippen molar-refractivity contribution in [3.05, 3.63) is 30.0 Å². The summed E-state index contributed by atoms with van der Waals surface area (Å²) >= 11 is 0. The number of aromatic nitrogens is 1. The first kappa shape index (κ1) is 15.3. The normalized spacial score (nSPS) is 10.8. The van der Waals surface area contributed by atoms with E-state index in [0.717, 1.165) is 23.7 Å². The molecule has 2 rings (SSSR count). The largest absolute Gasteiger partial charge is 0.427 e. The summed E-state index contributed by atoms with van der Waals surface area (Å²) in [4.78, 5) is 25.8. The average Bonchev–Trinajstić information content (AvgIpc) is 2.81. The number of nitrogens with one attached hydrogen (secondary N) is 1. The van der Waals surface area contributed by atoms with E-state index in [9.17, 15) is 9.59 Å². The summed E-state index contributed by atoms with van der Waals surface area (Å²) in [6.07, 6.45) is 5.31. The second kappa shape index (κ2) is 7.07. The van der Waals surface area contributed by atoms with Crippen LogP contribution in [0.2, 0.25) is 0 Å². The first-order chi connectivity index (χ1) is 10.1. The molecule has 4 nitrogen and oxygen atoms in total. The van der Waals surface area contributed by atoms with Gasteiger partial charge in [0.05, 0.1) is 0 Å². The Morgan fingerprint density at radius 1 is 1.24 bits per heavy atom. The molecule has 0 spiro atoms. The van der Waals surface area contributed by atoms with Crippen molar-refractivity contribution in [2.24, 2.45) is 0 Å². The molecule has 1 heterocycles. The molecule has 4 heteroatoms. The highest BCUT2D eigenvalue weighted by molar-refractivity contribution is 5.85. The maximum Gasteiger partial charge on any atom is 0.311 e. The quantitative estimate of drug-likeness (QED) is 0.622. The highest BCUT2D eigenvalue weighted by Crippen LogP contribution is 2.25. The molecule has 1 aromatic carbocycles. The maximum absolute atomic E-state index is 11.7. The number of fused-ring (bicyclic) bond motifs is 1. The molecule has 0 saturated heterocycles. The summed E-state index contributed by atoms with van der Waals surface area (Å²) in [5, 5.41) is 1.10. The third kappa shape index (κ3) is 4.18. The van der Waals surface area contributed by atoms with Crippen molar-refractivity contribution in [2.75, 3.05) is 0 Å². The number of hydrogen-bond donors (Lipinski definition) is 1. The van der Waals surface area contributed by atoms with E-state index < -0.39 is 0 Å². The molecule has 0 fully saturated rings. The van der Waals surface area contributed by atoms with Gasteiger partial charge in [-0.1, -0.05) is 13.3 Å². The molecule has 0 aliphatic heterocycles. The minimum Gasteiger partial charge on any atom is -0.427 e. The molecular formula is C17H21NO3. The van der Waals surface area contributed by atoms with E-state index in [1.165, 1.54) is 12.5 Å². The fourth-order valence-electron chi connectivity index (χ4n) is 2.36. The smallest absolute Gasteiger partial charge is 0.311 e. The monoisotopic (exact) mass is 287 g/mol. The Kier molecular flexibility index (Phi) is 5.14. The molecule has 0 aliphatic carbocycles. The van der Waals surface area contributed by atoms with Crippen LogP contribution in [0, 0.1) is 0 Å². The lowest BCUT2D eigenvalue weighted by atomic mass is 10.1. The number of ketones is 1. The number of rotatable bonds is 7. The van der Waals surface area contributed by atoms with E-state index in [1.807, 2.05) is 18.3 Å². The Morgan fingerprint density at radius 2 is 2.05 bits per heavy atom. The Bertz CT molecular complexity index is 643. The Morgan fingerprint density at radius 3 is 2.76 bits per heavy atom. The zero-order valence-electron chi connectivity index (χ0n) is 12.6. The van der Waals surface area contributed by atoms with Crippen molar-refractivity contribution in [3.63, 3.8) is 0 Å².